The van der Waals surface area contributed by atoms with Crippen LogP contribution in [0.1, 0.15) is 18.1 Å². The fraction of sp³-hybridized carbons (Fsp3) is 0.346. The monoisotopic (exact) mass is 458 g/mol. The van der Waals surface area contributed by atoms with Gasteiger partial charge in [-0.05, 0) is 61.3 Å². The molecule has 0 radical (unpaired) electrons. The number of fused-ring (bicyclic) bond motifs is 7. The first kappa shape index (κ1) is 22.3. The lowest BCUT2D eigenvalue weighted by molar-refractivity contribution is -0.122. The van der Waals surface area contributed by atoms with Crippen LogP contribution in [0.3, 0.4) is 0 Å². The van der Waals surface area contributed by atoms with Gasteiger partial charge in [0, 0.05) is 42.8 Å². The van der Waals surface area contributed by atoms with Gasteiger partial charge in [0.2, 0.25) is 11.9 Å². The minimum Gasteiger partial charge on any atom is -0.378 e. The van der Waals surface area contributed by atoms with Crippen LogP contribution in [0, 0.1) is 0 Å². The van der Waals surface area contributed by atoms with Gasteiger partial charge in [-0.2, -0.15) is 0 Å². The van der Waals surface area contributed by atoms with Gasteiger partial charge in [-0.1, -0.05) is 18.2 Å². The van der Waals surface area contributed by atoms with E-state index in [2.05, 4.69) is 56.2 Å². The van der Waals surface area contributed by atoms with E-state index in [1.165, 1.54) is 5.56 Å². The van der Waals surface area contributed by atoms with E-state index in [0.29, 0.717) is 32.3 Å². The van der Waals surface area contributed by atoms with Crippen LogP contribution in [-0.2, 0) is 22.5 Å². The number of nitrogens with one attached hydrogen (secondary N) is 3. The molecular weight excluding hydrogens is 428 g/mol. The third kappa shape index (κ3) is 5.18. The molecule has 3 aromatic rings. The summed E-state index contributed by atoms with van der Waals surface area (Å²) >= 11 is 0. The Morgan fingerprint density at radius 2 is 1.97 bits per heavy atom. The molecule has 5 rings (SSSR count). The molecule has 8 nitrogen and oxygen atoms in total. The third-order valence-electron chi connectivity index (χ3n) is 6.28. The number of hydrogen-bond acceptors (Lipinski definition) is 7. The van der Waals surface area contributed by atoms with Crippen molar-refractivity contribution in [2.45, 2.75) is 25.9 Å². The maximum Gasteiger partial charge on any atom is 0.237 e. The van der Waals surface area contributed by atoms with Crippen LogP contribution in [0.2, 0.25) is 0 Å². The summed E-state index contributed by atoms with van der Waals surface area (Å²) in [4.78, 5) is 24.3. The Kier molecular flexibility index (Phi) is 6.69. The van der Waals surface area contributed by atoms with Crippen molar-refractivity contribution < 1.29 is 9.53 Å². The molecule has 1 atom stereocenters. The standard InChI is InChI=1S/C26H30N6O2/c1-18-25(33)29-17-21-16-22(5-6-24(21)32-11-13-34-14-12-32)30-26-28-10-8-23(31-26)20-4-2-3-19(15-20)7-9-27-18/h2-6,8,10,15-16,18,27H,7,9,11-14,17H2,1H3,(H,29,33)(H,28,30,31)/t18-/m0/s1. The largest absolute Gasteiger partial charge is 0.378 e. The summed E-state index contributed by atoms with van der Waals surface area (Å²) in [5.74, 6) is 0.524. The van der Waals surface area contributed by atoms with Crippen molar-refractivity contribution in [1.29, 1.82) is 0 Å². The summed E-state index contributed by atoms with van der Waals surface area (Å²) in [6.07, 6.45) is 2.60. The highest BCUT2D eigenvalue weighted by atomic mass is 16.5. The molecule has 2 aliphatic heterocycles. The van der Waals surface area contributed by atoms with Crippen LogP contribution in [0.15, 0.2) is 54.7 Å². The Hall–Kier alpha value is -3.49. The van der Waals surface area contributed by atoms with Crippen molar-refractivity contribution in [2.75, 3.05) is 43.1 Å². The molecule has 3 heterocycles. The average molecular weight is 459 g/mol. The van der Waals surface area contributed by atoms with Gasteiger partial charge in [0.25, 0.3) is 0 Å². The first-order valence-electron chi connectivity index (χ1n) is 11.8. The summed E-state index contributed by atoms with van der Waals surface area (Å²) in [5.41, 5.74) is 6.13. The molecule has 1 amide bonds. The van der Waals surface area contributed by atoms with E-state index in [9.17, 15) is 4.79 Å². The number of carbonyl (C=O) groups excluding carboxylic acids is 1. The highest BCUT2D eigenvalue weighted by molar-refractivity contribution is 5.81. The predicted octanol–water partition coefficient (Wildman–Crippen LogP) is 2.87. The Bertz CT molecular complexity index is 1160. The molecular formula is C26H30N6O2. The zero-order valence-electron chi connectivity index (χ0n) is 19.4. The summed E-state index contributed by atoms with van der Waals surface area (Å²) in [5, 5.41) is 9.80. The van der Waals surface area contributed by atoms with Crippen molar-refractivity contribution in [3.05, 3.63) is 65.9 Å². The number of hydrogen-bond donors (Lipinski definition) is 3. The highest BCUT2D eigenvalue weighted by Crippen LogP contribution is 2.27. The molecule has 1 fully saturated rings. The smallest absolute Gasteiger partial charge is 0.237 e. The molecule has 3 N–H and O–H groups in total. The van der Waals surface area contributed by atoms with E-state index in [1.807, 2.05) is 25.1 Å². The first-order chi connectivity index (χ1) is 16.7. The van der Waals surface area contributed by atoms with Gasteiger partial charge in [0.15, 0.2) is 0 Å². The minimum atomic E-state index is -0.284. The van der Waals surface area contributed by atoms with Crippen LogP contribution >= 0.6 is 0 Å². The molecule has 34 heavy (non-hydrogen) atoms. The number of nitrogens with zero attached hydrogens (tertiary/aromatic N) is 3. The van der Waals surface area contributed by atoms with Gasteiger partial charge in [-0.15, -0.1) is 0 Å². The number of benzene rings is 2. The van der Waals surface area contributed by atoms with Gasteiger partial charge in [-0.3, -0.25) is 4.79 Å². The lowest BCUT2D eigenvalue weighted by atomic mass is 10.1. The molecule has 0 aliphatic carbocycles. The number of ether oxygens (including phenoxy) is 1. The Labute approximate surface area is 199 Å². The second-order valence-electron chi connectivity index (χ2n) is 8.68. The second kappa shape index (κ2) is 10.2. The normalized spacial score (nSPS) is 19.0. The van der Waals surface area contributed by atoms with Crippen LogP contribution in [0.4, 0.5) is 17.3 Å². The third-order valence-corrected chi connectivity index (χ3v) is 6.28. The second-order valence-corrected chi connectivity index (χ2v) is 8.68. The van der Waals surface area contributed by atoms with E-state index in [-0.39, 0.29) is 11.9 Å². The lowest BCUT2D eigenvalue weighted by Crippen LogP contribution is -2.43. The average Bonchev–Trinajstić information content (AvgIpc) is 2.88. The molecule has 6 bridgehead atoms. The van der Waals surface area contributed by atoms with Crippen LogP contribution < -0.4 is 20.9 Å². The zero-order valence-corrected chi connectivity index (χ0v) is 19.4. The fourth-order valence-corrected chi connectivity index (χ4v) is 4.37. The number of aromatic nitrogens is 2. The maximum atomic E-state index is 12.8. The van der Waals surface area contributed by atoms with E-state index in [0.717, 1.165) is 47.7 Å². The highest BCUT2D eigenvalue weighted by Gasteiger charge is 2.18. The quantitative estimate of drug-likeness (QED) is 0.517. The van der Waals surface area contributed by atoms with Gasteiger partial charge in [0.05, 0.1) is 24.9 Å². The summed E-state index contributed by atoms with van der Waals surface area (Å²) in [7, 11) is 0. The Morgan fingerprint density at radius 3 is 2.85 bits per heavy atom. The molecule has 0 spiro atoms. The molecule has 2 aliphatic rings. The van der Waals surface area contributed by atoms with Gasteiger partial charge in [-0.25, -0.2) is 9.97 Å². The van der Waals surface area contributed by atoms with Crippen molar-refractivity contribution in [3.8, 4) is 11.3 Å². The van der Waals surface area contributed by atoms with E-state index >= 15 is 0 Å². The Balaban J connectivity index is 1.50. The van der Waals surface area contributed by atoms with E-state index < -0.39 is 0 Å². The van der Waals surface area contributed by atoms with Gasteiger partial charge in [0.1, 0.15) is 0 Å². The fourth-order valence-electron chi connectivity index (χ4n) is 4.37. The molecule has 0 unspecified atom stereocenters. The Morgan fingerprint density at radius 1 is 1.09 bits per heavy atom. The van der Waals surface area contributed by atoms with Crippen molar-refractivity contribution >= 4 is 23.2 Å². The van der Waals surface area contributed by atoms with E-state index in [4.69, 9.17) is 9.72 Å². The van der Waals surface area contributed by atoms with Gasteiger partial charge >= 0.3 is 0 Å². The zero-order chi connectivity index (χ0) is 23.3. The molecule has 1 saturated heterocycles. The van der Waals surface area contributed by atoms with Crippen LogP contribution in [0.25, 0.3) is 11.3 Å². The topological polar surface area (TPSA) is 91.4 Å². The van der Waals surface area contributed by atoms with Crippen molar-refractivity contribution in [2.24, 2.45) is 0 Å². The van der Waals surface area contributed by atoms with Gasteiger partial charge < -0.3 is 25.6 Å². The molecule has 8 heteroatoms. The number of rotatable bonds is 1. The number of morpholine rings is 1. The number of amides is 1. The summed E-state index contributed by atoms with van der Waals surface area (Å²) < 4.78 is 5.53. The first-order valence-corrected chi connectivity index (χ1v) is 11.8. The molecule has 176 valence electrons. The lowest BCUT2D eigenvalue weighted by Gasteiger charge is -2.31. The molecule has 1 aromatic heterocycles. The van der Waals surface area contributed by atoms with E-state index in [1.54, 1.807) is 6.20 Å². The van der Waals surface area contributed by atoms with Crippen molar-refractivity contribution in [1.82, 2.24) is 20.6 Å². The molecule has 0 saturated carbocycles. The number of anilines is 3. The minimum absolute atomic E-state index is 0.0145. The maximum absolute atomic E-state index is 12.8. The predicted molar refractivity (Wildman–Crippen MR) is 133 cm³/mol. The molecule has 2 aromatic carbocycles. The SMILES string of the molecule is C[C@@H]1NCCc2cccc(c2)-c2ccnc(n2)Nc2ccc(N3CCOCC3)c(c2)CNC1=O. The summed E-state index contributed by atoms with van der Waals surface area (Å²) in [6.45, 7) is 6.12. The summed E-state index contributed by atoms with van der Waals surface area (Å²) in [6, 6.07) is 16.2. The van der Waals surface area contributed by atoms with Crippen molar-refractivity contribution in [3.63, 3.8) is 0 Å². The van der Waals surface area contributed by atoms with Crippen LogP contribution in [-0.4, -0.2) is 54.8 Å². The number of carbonyl (C=O) groups is 1. The van der Waals surface area contributed by atoms with Crippen LogP contribution in [0.5, 0.6) is 0 Å².